The van der Waals surface area contributed by atoms with Gasteiger partial charge in [-0.25, -0.2) is 12.7 Å². The Labute approximate surface area is 153 Å². The highest BCUT2D eigenvalue weighted by Gasteiger charge is 2.30. The molecule has 6 nitrogen and oxygen atoms in total. The van der Waals surface area contributed by atoms with Crippen LogP contribution in [0.15, 0.2) is 54.6 Å². The lowest BCUT2D eigenvalue weighted by Gasteiger charge is -2.30. The number of anilines is 1. The number of hydrogen-bond acceptors (Lipinski definition) is 4. The SMILES string of the molecule is CS(=O)(=O)N1CCC[C@@H](C(=O)Nc2ccccc2Oc2ccccc2)C1. The standard InChI is InChI=1S/C19H22N2O4S/c1-26(23,24)21-13-7-8-15(14-21)19(22)20-17-11-5-6-12-18(17)25-16-9-3-2-4-10-16/h2-6,9-12,15H,7-8,13-14H2,1H3,(H,20,22)/t15-/m1/s1. The maximum absolute atomic E-state index is 12.7. The number of sulfonamides is 1. The molecule has 0 bridgehead atoms. The average molecular weight is 374 g/mol. The quantitative estimate of drug-likeness (QED) is 0.873. The Balaban J connectivity index is 1.71. The lowest BCUT2D eigenvalue weighted by Crippen LogP contribution is -2.43. The molecule has 1 N–H and O–H groups in total. The molecular formula is C19H22N2O4S. The molecule has 7 heteroatoms. The van der Waals surface area contributed by atoms with Crippen LogP contribution < -0.4 is 10.1 Å². The fraction of sp³-hybridized carbons (Fsp3) is 0.316. The molecular weight excluding hydrogens is 352 g/mol. The van der Waals surface area contributed by atoms with Crippen LogP contribution in [-0.2, 0) is 14.8 Å². The second-order valence-electron chi connectivity index (χ2n) is 6.36. The average Bonchev–Trinajstić information content (AvgIpc) is 2.63. The molecule has 1 fully saturated rings. The van der Waals surface area contributed by atoms with Gasteiger partial charge < -0.3 is 10.1 Å². The van der Waals surface area contributed by atoms with Crippen molar-refractivity contribution < 1.29 is 17.9 Å². The lowest BCUT2D eigenvalue weighted by molar-refractivity contribution is -0.120. The number of rotatable bonds is 5. The summed E-state index contributed by atoms with van der Waals surface area (Å²) >= 11 is 0. The Morgan fingerprint density at radius 2 is 1.81 bits per heavy atom. The highest BCUT2D eigenvalue weighted by Crippen LogP contribution is 2.30. The number of amides is 1. The highest BCUT2D eigenvalue weighted by atomic mass is 32.2. The number of nitrogens with one attached hydrogen (secondary N) is 1. The first-order valence-corrected chi connectivity index (χ1v) is 10.4. The number of hydrogen-bond donors (Lipinski definition) is 1. The zero-order valence-corrected chi connectivity index (χ0v) is 15.4. The van der Waals surface area contributed by atoms with E-state index >= 15 is 0 Å². The third-order valence-corrected chi connectivity index (χ3v) is 5.61. The fourth-order valence-electron chi connectivity index (χ4n) is 2.97. The summed E-state index contributed by atoms with van der Waals surface area (Å²) in [7, 11) is -3.29. The molecule has 1 aliphatic heterocycles. The van der Waals surface area contributed by atoms with Gasteiger partial charge in [0.2, 0.25) is 15.9 Å². The Bertz CT molecular complexity index is 868. The molecule has 26 heavy (non-hydrogen) atoms. The summed E-state index contributed by atoms with van der Waals surface area (Å²) in [5, 5.41) is 2.89. The molecule has 0 radical (unpaired) electrons. The molecule has 138 valence electrons. The Morgan fingerprint density at radius 3 is 2.54 bits per heavy atom. The van der Waals surface area contributed by atoms with Gasteiger partial charge in [-0.2, -0.15) is 0 Å². The second-order valence-corrected chi connectivity index (χ2v) is 8.34. The zero-order valence-electron chi connectivity index (χ0n) is 14.6. The van der Waals surface area contributed by atoms with E-state index in [-0.39, 0.29) is 18.4 Å². The molecule has 0 aromatic heterocycles. The van der Waals surface area contributed by atoms with Gasteiger partial charge in [0.15, 0.2) is 5.75 Å². The van der Waals surface area contributed by atoms with Crippen LogP contribution in [0.25, 0.3) is 0 Å². The van der Waals surface area contributed by atoms with Crippen LogP contribution in [0.2, 0.25) is 0 Å². The summed E-state index contributed by atoms with van der Waals surface area (Å²) < 4.78 is 30.7. The van der Waals surface area contributed by atoms with Crippen molar-refractivity contribution in [3.8, 4) is 11.5 Å². The van der Waals surface area contributed by atoms with Gasteiger partial charge in [-0.05, 0) is 37.1 Å². The van der Waals surface area contributed by atoms with E-state index in [1.807, 2.05) is 42.5 Å². The Kier molecular flexibility index (Phi) is 5.58. The van der Waals surface area contributed by atoms with E-state index in [9.17, 15) is 13.2 Å². The van der Waals surface area contributed by atoms with Crippen molar-refractivity contribution in [1.29, 1.82) is 0 Å². The van der Waals surface area contributed by atoms with Gasteiger partial charge in [0.05, 0.1) is 17.9 Å². The van der Waals surface area contributed by atoms with Crippen molar-refractivity contribution in [2.75, 3.05) is 24.7 Å². The third kappa shape index (κ3) is 4.62. The number of para-hydroxylation sites is 3. The Morgan fingerprint density at radius 1 is 1.12 bits per heavy atom. The van der Waals surface area contributed by atoms with Gasteiger partial charge >= 0.3 is 0 Å². The fourth-order valence-corrected chi connectivity index (χ4v) is 3.88. The van der Waals surface area contributed by atoms with E-state index in [4.69, 9.17) is 4.74 Å². The number of carbonyl (C=O) groups is 1. The van der Waals surface area contributed by atoms with E-state index in [0.29, 0.717) is 36.6 Å². The predicted octanol–water partition coefficient (Wildman–Crippen LogP) is 3.09. The Hall–Kier alpha value is -2.38. The summed E-state index contributed by atoms with van der Waals surface area (Å²) in [5.74, 6) is 0.656. The van der Waals surface area contributed by atoms with Gasteiger partial charge in [-0.15, -0.1) is 0 Å². The largest absolute Gasteiger partial charge is 0.455 e. The van der Waals surface area contributed by atoms with Crippen molar-refractivity contribution in [3.05, 3.63) is 54.6 Å². The first-order chi connectivity index (χ1) is 12.4. The molecule has 2 aromatic rings. The molecule has 1 aliphatic rings. The molecule has 1 atom stereocenters. The molecule has 0 spiro atoms. The van der Waals surface area contributed by atoms with Crippen LogP contribution in [0.5, 0.6) is 11.5 Å². The number of benzene rings is 2. The van der Waals surface area contributed by atoms with Crippen LogP contribution in [0.1, 0.15) is 12.8 Å². The van der Waals surface area contributed by atoms with Crippen LogP contribution in [0.4, 0.5) is 5.69 Å². The minimum Gasteiger partial charge on any atom is -0.455 e. The second kappa shape index (κ2) is 7.88. The maximum atomic E-state index is 12.7. The zero-order chi connectivity index (χ0) is 18.6. The molecule has 3 rings (SSSR count). The number of ether oxygens (including phenoxy) is 1. The summed E-state index contributed by atoms with van der Waals surface area (Å²) in [6, 6.07) is 16.5. The smallest absolute Gasteiger partial charge is 0.228 e. The van der Waals surface area contributed by atoms with Gasteiger partial charge in [0.25, 0.3) is 0 Å². The summed E-state index contributed by atoms with van der Waals surface area (Å²) in [4.78, 5) is 12.7. The topological polar surface area (TPSA) is 75.7 Å². The predicted molar refractivity (Wildman–Crippen MR) is 101 cm³/mol. The van der Waals surface area contributed by atoms with Crippen molar-refractivity contribution in [3.63, 3.8) is 0 Å². The maximum Gasteiger partial charge on any atom is 0.228 e. The van der Waals surface area contributed by atoms with Crippen LogP contribution in [0.3, 0.4) is 0 Å². The summed E-state index contributed by atoms with van der Waals surface area (Å²) in [5.41, 5.74) is 0.567. The molecule has 0 saturated carbocycles. The van der Waals surface area contributed by atoms with Crippen LogP contribution in [-0.4, -0.2) is 38.0 Å². The lowest BCUT2D eigenvalue weighted by atomic mass is 9.98. The minimum atomic E-state index is -3.29. The first kappa shape index (κ1) is 18.4. The number of carbonyl (C=O) groups excluding carboxylic acids is 1. The van der Waals surface area contributed by atoms with E-state index in [1.165, 1.54) is 10.6 Å². The number of piperidine rings is 1. The number of nitrogens with zero attached hydrogens (tertiary/aromatic N) is 1. The van der Waals surface area contributed by atoms with Gasteiger partial charge in [0.1, 0.15) is 5.75 Å². The van der Waals surface area contributed by atoms with Crippen molar-refractivity contribution in [2.24, 2.45) is 5.92 Å². The first-order valence-electron chi connectivity index (χ1n) is 8.51. The van der Waals surface area contributed by atoms with Crippen LogP contribution >= 0.6 is 0 Å². The molecule has 0 unspecified atom stereocenters. The minimum absolute atomic E-state index is 0.192. The van der Waals surface area contributed by atoms with E-state index in [0.717, 1.165) is 0 Å². The monoisotopic (exact) mass is 374 g/mol. The van der Waals surface area contributed by atoms with Gasteiger partial charge in [-0.3, -0.25) is 4.79 Å². The van der Waals surface area contributed by atoms with E-state index < -0.39 is 10.0 Å². The van der Waals surface area contributed by atoms with E-state index in [1.54, 1.807) is 12.1 Å². The molecule has 1 heterocycles. The summed E-state index contributed by atoms with van der Waals surface area (Å²) in [6.07, 6.45) is 2.52. The third-order valence-electron chi connectivity index (χ3n) is 4.34. The molecule has 1 saturated heterocycles. The normalized spacial score (nSPS) is 18.3. The van der Waals surface area contributed by atoms with Crippen molar-refractivity contribution >= 4 is 21.6 Å². The van der Waals surface area contributed by atoms with E-state index in [2.05, 4.69) is 5.32 Å². The molecule has 1 amide bonds. The van der Waals surface area contributed by atoms with Gasteiger partial charge in [-0.1, -0.05) is 30.3 Å². The van der Waals surface area contributed by atoms with Gasteiger partial charge in [0, 0.05) is 13.1 Å². The van der Waals surface area contributed by atoms with Crippen LogP contribution in [0, 0.1) is 5.92 Å². The van der Waals surface area contributed by atoms with Crippen molar-refractivity contribution in [1.82, 2.24) is 4.31 Å². The summed E-state index contributed by atoms with van der Waals surface area (Å²) in [6.45, 7) is 0.683. The molecule has 2 aromatic carbocycles. The van der Waals surface area contributed by atoms with Crippen molar-refractivity contribution in [2.45, 2.75) is 12.8 Å². The molecule has 0 aliphatic carbocycles. The highest BCUT2D eigenvalue weighted by molar-refractivity contribution is 7.88.